The van der Waals surface area contributed by atoms with E-state index in [1.165, 1.54) is 38.5 Å². The maximum atomic E-state index is 4.78. The van der Waals surface area contributed by atoms with Gasteiger partial charge in [-0.05, 0) is 46.3 Å². The van der Waals surface area contributed by atoms with Crippen LogP contribution in [0.2, 0.25) is 0 Å². The molecule has 0 bridgehead atoms. The minimum Gasteiger partial charge on any atom is -0.351 e. The van der Waals surface area contributed by atoms with Crippen molar-refractivity contribution in [1.29, 1.82) is 0 Å². The summed E-state index contributed by atoms with van der Waals surface area (Å²) in [5.41, 5.74) is 2.83. The minimum atomic E-state index is 0.471. The summed E-state index contributed by atoms with van der Waals surface area (Å²) in [5, 5.41) is 7.60. The number of aromatic nitrogens is 5. The average molecular weight is 494 g/mol. The number of nitrogens with zero attached hydrogens (tertiary/aromatic N) is 7. The van der Waals surface area contributed by atoms with Gasteiger partial charge < -0.3 is 15.5 Å². The molecule has 3 aromatic heterocycles. The van der Waals surface area contributed by atoms with Crippen LogP contribution < -0.4 is 10.6 Å². The van der Waals surface area contributed by atoms with Crippen molar-refractivity contribution in [3.8, 4) is 10.6 Å². The van der Waals surface area contributed by atoms with E-state index < -0.39 is 0 Å². The van der Waals surface area contributed by atoms with Crippen LogP contribution in [0.25, 0.3) is 10.6 Å². The molecule has 1 unspecified atom stereocenters. The van der Waals surface area contributed by atoms with Crippen LogP contribution >= 0.6 is 11.3 Å². The highest BCUT2D eigenvalue weighted by molar-refractivity contribution is 7.18. The highest BCUT2D eigenvalue weighted by Crippen LogP contribution is 2.30. The van der Waals surface area contributed by atoms with E-state index >= 15 is 0 Å². The van der Waals surface area contributed by atoms with Gasteiger partial charge in [-0.25, -0.2) is 19.9 Å². The molecule has 1 saturated heterocycles. The number of anilines is 3. The molecule has 2 N–H and O–H groups in total. The summed E-state index contributed by atoms with van der Waals surface area (Å²) in [6.45, 7) is 5.03. The summed E-state index contributed by atoms with van der Waals surface area (Å²) in [7, 11) is 4.30. The second-order valence-corrected chi connectivity index (χ2v) is 10.9. The summed E-state index contributed by atoms with van der Waals surface area (Å²) >= 11 is 1.56. The zero-order chi connectivity index (χ0) is 24.2. The topological polar surface area (TPSA) is 95.0 Å². The van der Waals surface area contributed by atoms with Gasteiger partial charge in [0.05, 0.1) is 28.7 Å². The molecule has 1 saturated carbocycles. The van der Waals surface area contributed by atoms with E-state index in [0.717, 1.165) is 46.7 Å². The van der Waals surface area contributed by atoms with Gasteiger partial charge in [0.2, 0.25) is 5.95 Å². The normalized spacial score (nSPS) is 19.4. The van der Waals surface area contributed by atoms with Gasteiger partial charge in [0, 0.05) is 43.6 Å². The van der Waals surface area contributed by atoms with Crippen molar-refractivity contribution in [2.45, 2.75) is 64.1 Å². The van der Waals surface area contributed by atoms with Gasteiger partial charge >= 0.3 is 0 Å². The van der Waals surface area contributed by atoms with Gasteiger partial charge in [0.15, 0.2) is 10.9 Å². The largest absolute Gasteiger partial charge is 0.351 e. The Kier molecular flexibility index (Phi) is 7.50. The number of likely N-dealkylation sites (tertiary alicyclic amines) is 1. The van der Waals surface area contributed by atoms with Gasteiger partial charge in [0.25, 0.3) is 0 Å². The van der Waals surface area contributed by atoms with E-state index in [1.807, 2.05) is 25.4 Å². The summed E-state index contributed by atoms with van der Waals surface area (Å²) < 4.78 is 0. The molecular weight excluding hydrogens is 458 g/mol. The molecular formula is C25H35N9S. The van der Waals surface area contributed by atoms with Crippen LogP contribution in [0.3, 0.4) is 0 Å². The molecule has 1 aliphatic carbocycles. The van der Waals surface area contributed by atoms with Crippen LogP contribution in [-0.4, -0.2) is 74.0 Å². The zero-order valence-corrected chi connectivity index (χ0v) is 21.7. The van der Waals surface area contributed by atoms with Crippen molar-refractivity contribution in [3.05, 3.63) is 36.0 Å². The molecule has 0 amide bonds. The quantitative estimate of drug-likeness (QED) is 0.475. The van der Waals surface area contributed by atoms with Crippen molar-refractivity contribution in [3.63, 3.8) is 0 Å². The first kappa shape index (κ1) is 24.0. The number of nitrogens with one attached hydrogen (secondary N) is 2. The summed E-state index contributed by atoms with van der Waals surface area (Å²) in [6.07, 6.45) is 13.0. The third-order valence-corrected chi connectivity index (χ3v) is 7.79. The van der Waals surface area contributed by atoms with Crippen LogP contribution in [0.15, 0.2) is 24.7 Å². The van der Waals surface area contributed by atoms with E-state index in [4.69, 9.17) is 4.98 Å². The smallest absolute Gasteiger partial charge is 0.223 e. The first-order valence-corrected chi connectivity index (χ1v) is 13.4. The third-order valence-electron chi connectivity index (χ3n) is 6.85. The maximum Gasteiger partial charge on any atom is 0.223 e. The fourth-order valence-electron chi connectivity index (χ4n) is 4.86. The Balaban J connectivity index is 1.20. The first-order chi connectivity index (χ1) is 17.0. The monoisotopic (exact) mass is 493 g/mol. The standard InChI is InChI=1S/C25H35N9S/c1-17-11-21(31-24(29-17)30-18-7-5-4-6-8-18)22-13-28-25(35-22)32-23-14-26-19(12-27-23)15-34-10-9-20(16-34)33(2)3/h11-14,18,20H,4-10,15-16H2,1-3H3,(H,27,28,32)(H,29,30,31). The van der Waals surface area contributed by atoms with E-state index in [1.54, 1.807) is 17.5 Å². The molecule has 0 aromatic carbocycles. The number of aryl methyl sites for hydroxylation is 1. The van der Waals surface area contributed by atoms with Crippen LogP contribution in [0.1, 0.15) is 49.9 Å². The molecule has 35 heavy (non-hydrogen) atoms. The van der Waals surface area contributed by atoms with Crippen LogP contribution in [-0.2, 0) is 6.54 Å². The van der Waals surface area contributed by atoms with Crippen LogP contribution in [0.5, 0.6) is 0 Å². The van der Waals surface area contributed by atoms with E-state index in [-0.39, 0.29) is 0 Å². The zero-order valence-electron chi connectivity index (χ0n) is 20.9. The van der Waals surface area contributed by atoms with E-state index in [2.05, 4.69) is 54.5 Å². The first-order valence-electron chi connectivity index (χ1n) is 12.6. The number of likely N-dealkylation sites (N-methyl/N-ethyl adjacent to an activating group) is 1. The Morgan fingerprint density at radius 2 is 1.89 bits per heavy atom. The average Bonchev–Trinajstić information content (AvgIpc) is 3.51. The summed E-state index contributed by atoms with van der Waals surface area (Å²) in [6, 6.07) is 3.11. The van der Waals surface area contributed by atoms with Crippen molar-refractivity contribution < 1.29 is 0 Å². The van der Waals surface area contributed by atoms with Gasteiger partial charge in [-0.15, -0.1) is 0 Å². The fraction of sp³-hybridized carbons (Fsp3) is 0.560. The number of hydrogen-bond donors (Lipinski definition) is 2. The Morgan fingerprint density at radius 3 is 2.63 bits per heavy atom. The van der Waals surface area contributed by atoms with Gasteiger partial charge in [-0.2, -0.15) is 0 Å². The lowest BCUT2D eigenvalue weighted by Crippen LogP contribution is -2.31. The van der Waals surface area contributed by atoms with Crippen molar-refractivity contribution in [1.82, 2.24) is 34.7 Å². The van der Waals surface area contributed by atoms with Gasteiger partial charge in [0.1, 0.15) is 0 Å². The van der Waals surface area contributed by atoms with E-state index in [0.29, 0.717) is 23.8 Å². The van der Waals surface area contributed by atoms with E-state index in [9.17, 15) is 0 Å². The lowest BCUT2D eigenvalue weighted by atomic mass is 9.96. The lowest BCUT2D eigenvalue weighted by Gasteiger charge is -2.22. The predicted molar refractivity (Wildman–Crippen MR) is 141 cm³/mol. The molecule has 4 heterocycles. The lowest BCUT2D eigenvalue weighted by molar-refractivity contribution is 0.263. The summed E-state index contributed by atoms with van der Waals surface area (Å²) in [5.74, 6) is 1.41. The Labute approximate surface area is 211 Å². The fourth-order valence-corrected chi connectivity index (χ4v) is 5.64. The highest BCUT2D eigenvalue weighted by Gasteiger charge is 2.24. The molecule has 9 nitrogen and oxygen atoms in total. The third kappa shape index (κ3) is 6.31. The summed E-state index contributed by atoms with van der Waals surface area (Å²) in [4.78, 5) is 28.9. The molecule has 3 aromatic rings. The van der Waals surface area contributed by atoms with Gasteiger partial charge in [-0.3, -0.25) is 9.88 Å². The minimum absolute atomic E-state index is 0.471. The van der Waals surface area contributed by atoms with Crippen molar-refractivity contribution >= 4 is 28.2 Å². The van der Waals surface area contributed by atoms with Crippen molar-refractivity contribution in [2.24, 2.45) is 0 Å². The number of rotatable bonds is 8. The second kappa shape index (κ2) is 10.9. The second-order valence-electron chi connectivity index (χ2n) is 9.89. The molecule has 5 rings (SSSR count). The number of thiazole rings is 1. The van der Waals surface area contributed by atoms with Crippen molar-refractivity contribution in [2.75, 3.05) is 37.8 Å². The SMILES string of the molecule is Cc1cc(-c2cnc(Nc3cnc(CN4CCC(N(C)C)C4)cn3)s2)nc(NC2CCCCC2)n1. The molecule has 1 atom stereocenters. The van der Waals surface area contributed by atoms with Gasteiger partial charge in [-0.1, -0.05) is 30.6 Å². The molecule has 1 aliphatic heterocycles. The predicted octanol–water partition coefficient (Wildman–Crippen LogP) is 4.32. The Hall–Kier alpha value is -2.69. The Bertz CT molecular complexity index is 1110. The number of hydrogen-bond acceptors (Lipinski definition) is 10. The molecule has 0 radical (unpaired) electrons. The molecule has 186 valence electrons. The molecule has 2 fully saturated rings. The molecule has 0 spiro atoms. The maximum absolute atomic E-state index is 4.78. The Morgan fingerprint density at radius 1 is 1.03 bits per heavy atom. The molecule has 2 aliphatic rings. The van der Waals surface area contributed by atoms with Crippen LogP contribution in [0, 0.1) is 6.92 Å². The van der Waals surface area contributed by atoms with Crippen LogP contribution in [0.4, 0.5) is 16.9 Å². The highest BCUT2D eigenvalue weighted by atomic mass is 32.1. The molecule has 10 heteroatoms.